The van der Waals surface area contributed by atoms with Crippen molar-refractivity contribution in [2.45, 2.75) is 83.6 Å². The fraction of sp³-hybridized carbons (Fsp3) is 0.459. The summed E-state index contributed by atoms with van der Waals surface area (Å²) < 4.78 is 16.8. The molecule has 2 aliphatic rings. The number of benzene rings is 2. The molecule has 1 saturated carbocycles. The van der Waals surface area contributed by atoms with Crippen LogP contribution in [-0.4, -0.2) is 87.8 Å². The quantitative estimate of drug-likeness (QED) is 0.254. The minimum absolute atomic E-state index is 0.000884. The van der Waals surface area contributed by atoms with E-state index < -0.39 is 29.7 Å². The Balaban J connectivity index is 1.26. The molecule has 3 aromatic rings. The molecule has 1 aliphatic heterocycles. The summed E-state index contributed by atoms with van der Waals surface area (Å²) in [5.41, 5.74) is 0.868. The largest absolute Gasteiger partial charge is 0.528 e. The monoisotopic (exact) mass is 687 g/mol. The molecular weight excluding hydrogens is 642 g/mol. The first-order chi connectivity index (χ1) is 24.0. The van der Waals surface area contributed by atoms with Gasteiger partial charge in [-0.25, -0.2) is 9.78 Å². The lowest BCUT2D eigenvalue weighted by Crippen LogP contribution is -2.55. The van der Waals surface area contributed by atoms with E-state index in [1.807, 2.05) is 60.7 Å². The van der Waals surface area contributed by atoms with Crippen LogP contribution in [0.25, 0.3) is 11.4 Å². The first-order valence-electron chi connectivity index (χ1n) is 17.1. The molecule has 1 saturated heterocycles. The predicted octanol–water partition coefficient (Wildman–Crippen LogP) is 5.10. The van der Waals surface area contributed by atoms with E-state index in [0.29, 0.717) is 11.4 Å². The highest BCUT2D eigenvalue weighted by Gasteiger charge is 2.32. The van der Waals surface area contributed by atoms with Crippen LogP contribution >= 0.6 is 0 Å². The van der Waals surface area contributed by atoms with Crippen LogP contribution in [0.4, 0.5) is 4.79 Å². The van der Waals surface area contributed by atoms with Crippen molar-refractivity contribution in [3.05, 3.63) is 78.0 Å². The summed E-state index contributed by atoms with van der Waals surface area (Å²) in [7, 11) is 0. The Hall–Kier alpha value is -5.04. The fourth-order valence-electron chi connectivity index (χ4n) is 5.71. The average molecular weight is 688 g/mol. The Labute approximate surface area is 292 Å². The number of piperazine rings is 1. The number of nitrogens with one attached hydrogen (secondary N) is 1. The molecule has 2 aromatic carbocycles. The van der Waals surface area contributed by atoms with Crippen molar-refractivity contribution in [1.29, 1.82) is 0 Å². The normalized spacial score (nSPS) is 15.9. The third kappa shape index (κ3) is 11.0. The number of carbonyl (C=O) groups is 4. The molecule has 0 bridgehead atoms. The second kappa shape index (κ2) is 17.1. The van der Waals surface area contributed by atoms with Crippen LogP contribution in [0.15, 0.2) is 66.7 Å². The van der Waals surface area contributed by atoms with Gasteiger partial charge in [0.25, 0.3) is 5.91 Å². The standard InChI is InChI=1S/C37H45N5O8/c1-37(2,3)49-32(43)19-18-29(35(45)41-20-22-42(23-21-41)50-36(46)47-25-26-12-6-4-7-13-26)39-34(44)30-24-31(48-28-16-10-11-17-28)40-33(38-30)27-14-8-5-9-15-27/h4-9,12-15,24,28-29H,10-11,16-23,25H2,1-3H3,(H,39,44)/t29-/m0/s1. The molecule has 1 atom stereocenters. The van der Waals surface area contributed by atoms with Crippen LogP contribution in [0.5, 0.6) is 5.88 Å². The van der Waals surface area contributed by atoms with E-state index in [1.165, 1.54) is 11.1 Å². The zero-order valence-electron chi connectivity index (χ0n) is 28.8. The molecule has 2 fully saturated rings. The number of hydrogen-bond acceptors (Lipinski definition) is 11. The Kier molecular flexibility index (Phi) is 12.4. The molecule has 1 aliphatic carbocycles. The third-order valence-corrected chi connectivity index (χ3v) is 8.17. The summed E-state index contributed by atoms with van der Waals surface area (Å²) in [6.45, 7) is 6.25. The van der Waals surface area contributed by atoms with Crippen molar-refractivity contribution in [3.8, 4) is 17.3 Å². The number of esters is 1. The first kappa shape index (κ1) is 36.2. The van der Waals surface area contributed by atoms with Crippen LogP contribution in [0.2, 0.25) is 0 Å². The van der Waals surface area contributed by atoms with E-state index in [0.717, 1.165) is 31.2 Å². The van der Waals surface area contributed by atoms with Gasteiger partial charge in [0.05, 0.1) is 13.1 Å². The van der Waals surface area contributed by atoms with Gasteiger partial charge in [-0.2, -0.15) is 4.98 Å². The number of carbonyl (C=O) groups excluding carboxylic acids is 4. The zero-order chi connectivity index (χ0) is 35.5. The summed E-state index contributed by atoms with van der Waals surface area (Å²) >= 11 is 0. The number of rotatable bonds is 12. The van der Waals surface area contributed by atoms with Gasteiger partial charge in [0.1, 0.15) is 30.0 Å². The topological polar surface area (TPSA) is 149 Å². The molecule has 13 nitrogen and oxygen atoms in total. The van der Waals surface area contributed by atoms with E-state index in [2.05, 4.69) is 15.3 Å². The number of hydroxylamine groups is 2. The smallest absolute Gasteiger partial charge is 0.474 e. The van der Waals surface area contributed by atoms with Crippen molar-refractivity contribution in [1.82, 2.24) is 25.2 Å². The Morgan fingerprint density at radius 2 is 1.56 bits per heavy atom. The van der Waals surface area contributed by atoms with E-state index in [4.69, 9.17) is 19.0 Å². The highest BCUT2D eigenvalue weighted by atomic mass is 16.8. The van der Waals surface area contributed by atoms with E-state index in [9.17, 15) is 19.2 Å². The molecule has 2 heterocycles. The number of hydrogen-bond donors (Lipinski definition) is 1. The Morgan fingerprint density at radius 1 is 0.900 bits per heavy atom. The molecule has 266 valence electrons. The SMILES string of the molecule is CC(C)(C)OC(=O)CC[C@H](NC(=O)c1cc(OC2CCCC2)nc(-c2ccccc2)n1)C(=O)N1CCN(OC(=O)OCc2ccccc2)CC1. The minimum atomic E-state index is -1.06. The van der Waals surface area contributed by atoms with Gasteiger partial charge in [0, 0.05) is 31.1 Å². The van der Waals surface area contributed by atoms with Crippen molar-refractivity contribution in [3.63, 3.8) is 0 Å². The van der Waals surface area contributed by atoms with E-state index >= 15 is 0 Å². The highest BCUT2D eigenvalue weighted by molar-refractivity contribution is 5.96. The summed E-state index contributed by atoms with van der Waals surface area (Å²) in [5.74, 6) is -0.871. The van der Waals surface area contributed by atoms with Gasteiger partial charge < -0.3 is 29.3 Å². The van der Waals surface area contributed by atoms with Gasteiger partial charge in [0.2, 0.25) is 11.8 Å². The number of amides is 2. The summed E-state index contributed by atoms with van der Waals surface area (Å²) in [6, 6.07) is 18.9. The highest BCUT2D eigenvalue weighted by Crippen LogP contribution is 2.26. The van der Waals surface area contributed by atoms with Gasteiger partial charge in [-0.1, -0.05) is 60.7 Å². The van der Waals surface area contributed by atoms with Crippen LogP contribution < -0.4 is 10.1 Å². The lowest BCUT2D eigenvalue weighted by Gasteiger charge is -2.35. The van der Waals surface area contributed by atoms with Gasteiger partial charge in [-0.15, -0.1) is 5.06 Å². The molecule has 0 spiro atoms. The molecule has 1 N–H and O–H groups in total. The van der Waals surface area contributed by atoms with E-state index in [1.54, 1.807) is 25.7 Å². The zero-order valence-corrected chi connectivity index (χ0v) is 28.8. The van der Waals surface area contributed by atoms with Gasteiger partial charge >= 0.3 is 12.1 Å². The fourth-order valence-corrected chi connectivity index (χ4v) is 5.71. The molecular formula is C37H45N5O8. The summed E-state index contributed by atoms with van der Waals surface area (Å²) in [4.78, 5) is 68.6. The summed E-state index contributed by atoms with van der Waals surface area (Å²) in [5, 5.41) is 4.25. The van der Waals surface area contributed by atoms with E-state index in [-0.39, 0.29) is 69.2 Å². The van der Waals surface area contributed by atoms with Crippen molar-refractivity contribution < 1.29 is 38.2 Å². The first-order valence-corrected chi connectivity index (χ1v) is 17.1. The maximum Gasteiger partial charge on any atom is 0.528 e. The molecule has 0 radical (unpaired) electrons. The Morgan fingerprint density at radius 3 is 2.22 bits per heavy atom. The molecule has 5 rings (SSSR count). The number of ether oxygens (including phenoxy) is 3. The lowest BCUT2D eigenvalue weighted by atomic mass is 10.1. The second-order valence-corrected chi connectivity index (χ2v) is 13.3. The van der Waals surface area contributed by atoms with Gasteiger partial charge in [0.15, 0.2) is 5.82 Å². The maximum atomic E-state index is 13.9. The van der Waals surface area contributed by atoms with Crippen LogP contribution in [0, 0.1) is 0 Å². The van der Waals surface area contributed by atoms with Crippen molar-refractivity contribution in [2.24, 2.45) is 0 Å². The molecule has 1 aromatic heterocycles. The summed E-state index contributed by atoms with van der Waals surface area (Å²) in [6.07, 6.45) is 3.00. The maximum absolute atomic E-state index is 13.9. The number of nitrogens with zero attached hydrogens (tertiary/aromatic N) is 4. The Bertz CT molecular complexity index is 1600. The minimum Gasteiger partial charge on any atom is -0.474 e. The van der Waals surface area contributed by atoms with Gasteiger partial charge in [-0.3, -0.25) is 14.4 Å². The predicted molar refractivity (Wildman–Crippen MR) is 183 cm³/mol. The van der Waals surface area contributed by atoms with Crippen LogP contribution in [-0.2, 0) is 30.5 Å². The molecule has 50 heavy (non-hydrogen) atoms. The van der Waals surface area contributed by atoms with Gasteiger partial charge in [-0.05, 0) is 58.4 Å². The van der Waals surface area contributed by atoms with Crippen molar-refractivity contribution in [2.75, 3.05) is 26.2 Å². The lowest BCUT2D eigenvalue weighted by molar-refractivity contribution is -0.159. The molecule has 0 unspecified atom stereocenters. The molecule has 13 heteroatoms. The average Bonchev–Trinajstić information content (AvgIpc) is 3.62. The van der Waals surface area contributed by atoms with Crippen molar-refractivity contribution >= 4 is 23.9 Å². The third-order valence-electron chi connectivity index (χ3n) is 8.17. The number of aromatic nitrogens is 2. The van der Waals surface area contributed by atoms with Crippen LogP contribution in [0.1, 0.15) is 75.3 Å². The second-order valence-electron chi connectivity index (χ2n) is 13.3. The van der Waals surface area contributed by atoms with Crippen LogP contribution in [0.3, 0.4) is 0 Å². The molecule has 2 amide bonds.